The number of nitrogens with two attached hydrogens (primary N) is 1. The van der Waals surface area contributed by atoms with Crippen molar-refractivity contribution in [2.24, 2.45) is 5.73 Å². The Bertz CT molecular complexity index is 672. The molecule has 4 nitrogen and oxygen atoms in total. The van der Waals surface area contributed by atoms with E-state index in [2.05, 4.69) is 37.9 Å². The van der Waals surface area contributed by atoms with E-state index >= 15 is 0 Å². The number of benzene rings is 1. The average molecular weight is 283 g/mol. The van der Waals surface area contributed by atoms with Gasteiger partial charge in [0, 0.05) is 11.6 Å². The van der Waals surface area contributed by atoms with Crippen LogP contribution in [0.4, 0.5) is 0 Å². The first-order valence-corrected chi connectivity index (χ1v) is 6.88. The Morgan fingerprint density at radius 1 is 1.19 bits per heavy atom. The molecule has 0 bridgehead atoms. The Kier molecular flexibility index (Phi) is 3.98. The summed E-state index contributed by atoms with van der Waals surface area (Å²) in [5, 5.41) is 7.45. The summed E-state index contributed by atoms with van der Waals surface area (Å²) in [4.78, 5) is 4.25. The van der Waals surface area contributed by atoms with Crippen LogP contribution >= 0.6 is 0 Å². The lowest BCUT2D eigenvalue weighted by Crippen LogP contribution is -2.14. The number of aromatic nitrogens is 1. The van der Waals surface area contributed by atoms with Gasteiger partial charge in [0.15, 0.2) is 0 Å². The summed E-state index contributed by atoms with van der Waals surface area (Å²) in [7, 11) is 0. The molecule has 0 unspecified atom stereocenters. The predicted octanol–water partition coefficient (Wildman–Crippen LogP) is 3.76. The van der Waals surface area contributed by atoms with Gasteiger partial charge < -0.3 is 10.5 Å². The predicted molar refractivity (Wildman–Crippen MR) is 85.2 cm³/mol. The summed E-state index contributed by atoms with van der Waals surface area (Å²) in [5.41, 5.74) is 8.09. The van der Waals surface area contributed by atoms with Crippen LogP contribution in [0.5, 0.6) is 11.6 Å². The molecule has 0 atom stereocenters. The minimum atomic E-state index is -0.0688. The molecule has 0 saturated carbocycles. The lowest BCUT2D eigenvalue weighted by Gasteiger charge is -2.23. The third kappa shape index (κ3) is 3.60. The number of nitrogens with zero attached hydrogens (tertiary/aromatic N) is 1. The zero-order valence-electron chi connectivity index (χ0n) is 12.9. The van der Waals surface area contributed by atoms with E-state index < -0.39 is 0 Å². The Morgan fingerprint density at radius 3 is 2.52 bits per heavy atom. The first-order valence-electron chi connectivity index (χ1n) is 6.88. The van der Waals surface area contributed by atoms with Gasteiger partial charge in [-0.15, -0.1) is 0 Å². The number of ether oxygens (including phenoxy) is 1. The van der Waals surface area contributed by atoms with E-state index in [1.807, 2.05) is 13.0 Å². The van der Waals surface area contributed by atoms with E-state index in [-0.39, 0.29) is 11.3 Å². The van der Waals surface area contributed by atoms with Gasteiger partial charge in [0.25, 0.3) is 0 Å². The van der Waals surface area contributed by atoms with Gasteiger partial charge in [0.1, 0.15) is 17.3 Å². The fraction of sp³-hybridized carbons (Fsp3) is 0.294. The first-order chi connectivity index (χ1) is 9.77. The monoisotopic (exact) mass is 283 g/mol. The van der Waals surface area contributed by atoms with Crippen LogP contribution in [0.25, 0.3) is 0 Å². The van der Waals surface area contributed by atoms with Crippen LogP contribution in [-0.2, 0) is 5.41 Å². The van der Waals surface area contributed by atoms with E-state index in [1.54, 1.807) is 18.2 Å². The molecule has 0 fully saturated rings. The van der Waals surface area contributed by atoms with Crippen molar-refractivity contribution in [3.8, 4) is 11.6 Å². The molecule has 0 aliphatic heterocycles. The molecule has 1 aromatic heterocycles. The number of nitrogen functional groups attached to an aromatic ring is 1. The molecule has 0 aliphatic rings. The van der Waals surface area contributed by atoms with E-state index in [0.29, 0.717) is 11.6 Å². The van der Waals surface area contributed by atoms with Crippen molar-refractivity contribution in [1.29, 1.82) is 5.41 Å². The van der Waals surface area contributed by atoms with Crippen molar-refractivity contribution in [2.45, 2.75) is 33.1 Å². The van der Waals surface area contributed by atoms with Crippen LogP contribution in [0.2, 0.25) is 0 Å². The molecule has 0 spiro atoms. The number of pyridine rings is 1. The molecule has 110 valence electrons. The van der Waals surface area contributed by atoms with Crippen molar-refractivity contribution in [3.05, 3.63) is 53.2 Å². The molecule has 2 aromatic rings. The van der Waals surface area contributed by atoms with Gasteiger partial charge in [0.2, 0.25) is 5.88 Å². The highest BCUT2D eigenvalue weighted by molar-refractivity contribution is 5.93. The number of hydrogen-bond acceptors (Lipinski definition) is 3. The normalized spacial score (nSPS) is 11.2. The summed E-state index contributed by atoms with van der Waals surface area (Å²) in [6.45, 7) is 8.45. The maximum absolute atomic E-state index is 7.45. The highest BCUT2D eigenvalue weighted by Crippen LogP contribution is 2.34. The van der Waals surface area contributed by atoms with Gasteiger partial charge in [-0.05, 0) is 30.0 Å². The Hall–Kier alpha value is -2.36. The fourth-order valence-electron chi connectivity index (χ4n) is 2.07. The second kappa shape index (κ2) is 5.56. The van der Waals surface area contributed by atoms with Crippen LogP contribution in [0.15, 0.2) is 36.4 Å². The first kappa shape index (κ1) is 15.0. The van der Waals surface area contributed by atoms with E-state index in [9.17, 15) is 0 Å². The Morgan fingerprint density at radius 2 is 1.90 bits per heavy atom. The van der Waals surface area contributed by atoms with Crippen molar-refractivity contribution < 1.29 is 4.74 Å². The molecule has 4 heteroatoms. The van der Waals surface area contributed by atoms with E-state index in [4.69, 9.17) is 15.9 Å². The van der Waals surface area contributed by atoms with Crippen LogP contribution in [-0.4, -0.2) is 10.8 Å². The SMILES string of the molecule is Cc1ccc(C(C)(C)C)c(Oc2cccc(C(=N)N)n2)c1. The molecule has 0 saturated heterocycles. The maximum atomic E-state index is 7.45. The van der Waals surface area contributed by atoms with E-state index in [1.165, 1.54) is 0 Å². The number of amidine groups is 1. The lowest BCUT2D eigenvalue weighted by molar-refractivity contribution is 0.439. The molecule has 0 radical (unpaired) electrons. The van der Waals surface area contributed by atoms with Crippen molar-refractivity contribution in [1.82, 2.24) is 4.98 Å². The molecule has 0 aliphatic carbocycles. The topological polar surface area (TPSA) is 72.0 Å². The lowest BCUT2D eigenvalue weighted by atomic mass is 9.86. The minimum absolute atomic E-state index is 0.0266. The highest BCUT2D eigenvalue weighted by atomic mass is 16.5. The van der Waals surface area contributed by atoms with Crippen LogP contribution in [0.1, 0.15) is 37.6 Å². The highest BCUT2D eigenvalue weighted by Gasteiger charge is 2.19. The number of aryl methyl sites for hydroxylation is 1. The average Bonchev–Trinajstić information content (AvgIpc) is 2.37. The van der Waals surface area contributed by atoms with Gasteiger partial charge in [0.05, 0.1) is 0 Å². The summed E-state index contributed by atoms with van der Waals surface area (Å²) in [5.74, 6) is 1.16. The van der Waals surface area contributed by atoms with Gasteiger partial charge in [-0.1, -0.05) is 39.0 Å². The Balaban J connectivity index is 2.41. The third-order valence-electron chi connectivity index (χ3n) is 3.16. The summed E-state index contributed by atoms with van der Waals surface area (Å²) >= 11 is 0. The standard InChI is InChI=1S/C17H21N3O/c1-11-8-9-12(17(2,3)4)14(10-11)21-15-7-5-6-13(20-15)16(18)19/h5-10H,1-4H3,(H3,18,19). The zero-order valence-corrected chi connectivity index (χ0v) is 12.9. The summed E-state index contributed by atoms with van der Waals surface area (Å²) in [6, 6.07) is 11.4. The summed E-state index contributed by atoms with van der Waals surface area (Å²) < 4.78 is 5.94. The molecule has 1 aromatic carbocycles. The van der Waals surface area contributed by atoms with Crippen LogP contribution in [0, 0.1) is 12.3 Å². The second-order valence-electron chi connectivity index (χ2n) is 6.13. The molecule has 21 heavy (non-hydrogen) atoms. The molecular weight excluding hydrogens is 262 g/mol. The second-order valence-corrected chi connectivity index (χ2v) is 6.13. The quantitative estimate of drug-likeness (QED) is 0.665. The number of nitrogens with one attached hydrogen (secondary N) is 1. The minimum Gasteiger partial charge on any atom is -0.439 e. The number of hydrogen-bond donors (Lipinski definition) is 2. The van der Waals surface area contributed by atoms with Crippen LogP contribution in [0.3, 0.4) is 0 Å². The molecule has 0 amide bonds. The molecule has 1 heterocycles. The van der Waals surface area contributed by atoms with E-state index in [0.717, 1.165) is 16.9 Å². The van der Waals surface area contributed by atoms with Crippen molar-refractivity contribution in [3.63, 3.8) is 0 Å². The van der Waals surface area contributed by atoms with Crippen molar-refractivity contribution in [2.75, 3.05) is 0 Å². The van der Waals surface area contributed by atoms with Crippen molar-refractivity contribution >= 4 is 5.84 Å². The number of rotatable bonds is 3. The van der Waals surface area contributed by atoms with Gasteiger partial charge in [-0.25, -0.2) is 4.98 Å². The fourth-order valence-corrected chi connectivity index (χ4v) is 2.07. The van der Waals surface area contributed by atoms with Gasteiger partial charge >= 0.3 is 0 Å². The summed E-state index contributed by atoms with van der Waals surface area (Å²) in [6.07, 6.45) is 0. The smallest absolute Gasteiger partial charge is 0.219 e. The maximum Gasteiger partial charge on any atom is 0.219 e. The van der Waals surface area contributed by atoms with Crippen LogP contribution < -0.4 is 10.5 Å². The largest absolute Gasteiger partial charge is 0.439 e. The van der Waals surface area contributed by atoms with Gasteiger partial charge in [-0.2, -0.15) is 0 Å². The third-order valence-corrected chi connectivity index (χ3v) is 3.16. The molecule has 3 N–H and O–H groups in total. The van der Waals surface area contributed by atoms with Gasteiger partial charge in [-0.3, -0.25) is 5.41 Å². The zero-order chi connectivity index (χ0) is 15.6. The Labute approximate surface area is 125 Å². The molecule has 2 rings (SSSR count). The molecular formula is C17H21N3O.